The molecule has 7 heteroatoms. The van der Waals surface area contributed by atoms with Crippen LogP contribution < -0.4 is 0 Å². The van der Waals surface area contributed by atoms with E-state index in [1.807, 2.05) is 0 Å². The Morgan fingerprint density at radius 1 is 1.78 bits per heavy atom. The summed E-state index contributed by atoms with van der Waals surface area (Å²) in [7, 11) is 0. The SMILES string of the molecule is O=C(O)c1nnnn1S. The van der Waals surface area contributed by atoms with Gasteiger partial charge in [0.25, 0.3) is 5.82 Å². The van der Waals surface area contributed by atoms with Crippen molar-refractivity contribution in [1.82, 2.24) is 19.6 Å². The first-order valence-corrected chi connectivity index (χ1v) is 2.32. The Kier molecular flexibility index (Phi) is 1.35. The van der Waals surface area contributed by atoms with Crippen LogP contribution in [0.3, 0.4) is 0 Å². The molecule has 0 radical (unpaired) electrons. The molecule has 0 spiro atoms. The molecular weight excluding hydrogens is 144 g/mol. The first-order chi connectivity index (χ1) is 4.22. The Balaban J connectivity index is 3.08. The summed E-state index contributed by atoms with van der Waals surface area (Å²) in [5.74, 6) is -1.49. The largest absolute Gasteiger partial charge is 0.475 e. The maximum atomic E-state index is 10.1. The van der Waals surface area contributed by atoms with E-state index >= 15 is 0 Å². The van der Waals surface area contributed by atoms with Crippen LogP contribution in [-0.4, -0.2) is 30.7 Å². The molecule has 6 nitrogen and oxygen atoms in total. The molecule has 0 aromatic carbocycles. The summed E-state index contributed by atoms with van der Waals surface area (Å²) in [6, 6.07) is 0. The molecule has 1 heterocycles. The number of nitrogens with zero attached hydrogens (tertiary/aromatic N) is 4. The van der Waals surface area contributed by atoms with E-state index in [1.54, 1.807) is 0 Å². The van der Waals surface area contributed by atoms with Gasteiger partial charge in [-0.3, -0.25) is 0 Å². The van der Waals surface area contributed by atoms with Gasteiger partial charge in [0.15, 0.2) is 0 Å². The maximum absolute atomic E-state index is 10.1. The zero-order valence-corrected chi connectivity index (χ0v) is 4.99. The Hall–Kier alpha value is -1.11. The number of aromatic carboxylic acids is 1. The monoisotopic (exact) mass is 146 g/mol. The highest BCUT2D eigenvalue weighted by molar-refractivity contribution is 7.78. The molecule has 48 valence electrons. The predicted molar refractivity (Wildman–Crippen MR) is 29.2 cm³/mol. The highest BCUT2D eigenvalue weighted by atomic mass is 32.1. The summed E-state index contributed by atoms with van der Waals surface area (Å²) in [6.45, 7) is 0. The van der Waals surface area contributed by atoms with Gasteiger partial charge in [-0.25, -0.2) is 4.79 Å². The number of aromatic nitrogens is 4. The van der Waals surface area contributed by atoms with Gasteiger partial charge in [-0.05, 0) is 23.2 Å². The molecule has 0 fully saturated rings. The Morgan fingerprint density at radius 3 is 2.67 bits per heavy atom. The lowest BCUT2D eigenvalue weighted by Crippen LogP contribution is -2.03. The number of carboxylic acids is 1. The second-order valence-electron chi connectivity index (χ2n) is 1.20. The molecule has 0 amide bonds. The minimum Gasteiger partial charge on any atom is -0.475 e. The third kappa shape index (κ3) is 0.992. The van der Waals surface area contributed by atoms with Crippen molar-refractivity contribution in [3.63, 3.8) is 0 Å². The van der Waals surface area contributed by atoms with Gasteiger partial charge in [-0.2, -0.15) is 4.09 Å². The van der Waals surface area contributed by atoms with E-state index in [9.17, 15) is 4.79 Å². The number of tetrazole rings is 1. The van der Waals surface area contributed by atoms with Gasteiger partial charge in [-0.1, -0.05) is 0 Å². The third-order valence-corrected chi connectivity index (χ3v) is 0.914. The van der Waals surface area contributed by atoms with Gasteiger partial charge in [0.05, 0.1) is 0 Å². The summed E-state index contributed by atoms with van der Waals surface area (Å²) in [5.41, 5.74) is 0. The van der Waals surface area contributed by atoms with Gasteiger partial charge in [-0.15, -0.1) is 5.10 Å². The van der Waals surface area contributed by atoms with E-state index in [4.69, 9.17) is 5.11 Å². The predicted octanol–water partition coefficient (Wildman–Crippen LogP) is -0.936. The van der Waals surface area contributed by atoms with E-state index in [0.717, 1.165) is 4.09 Å². The summed E-state index contributed by atoms with van der Waals surface area (Å²) in [5, 5.41) is 17.6. The van der Waals surface area contributed by atoms with Crippen molar-refractivity contribution in [2.75, 3.05) is 0 Å². The molecule has 0 aliphatic rings. The van der Waals surface area contributed by atoms with Crippen LogP contribution in [0.1, 0.15) is 10.6 Å². The number of hydrogen-bond acceptors (Lipinski definition) is 5. The van der Waals surface area contributed by atoms with Crippen LogP contribution in [-0.2, 0) is 0 Å². The topological polar surface area (TPSA) is 80.9 Å². The number of carbonyl (C=O) groups is 1. The molecule has 0 aliphatic carbocycles. The smallest absolute Gasteiger partial charge is 0.376 e. The lowest BCUT2D eigenvalue weighted by Gasteiger charge is -1.84. The summed E-state index contributed by atoms with van der Waals surface area (Å²) in [4.78, 5) is 10.1. The van der Waals surface area contributed by atoms with Crippen LogP contribution in [0, 0.1) is 0 Å². The molecule has 1 aromatic heterocycles. The zero-order valence-electron chi connectivity index (χ0n) is 4.09. The standard InChI is InChI=1S/C2H2N4O2S/c7-2(8)1-3-4-5-6(1)9/h9H,(H,7,8). The number of hydrogen-bond donors (Lipinski definition) is 2. The molecule has 0 unspecified atom stereocenters. The maximum Gasteiger partial charge on any atom is 0.376 e. The molecule has 9 heavy (non-hydrogen) atoms. The van der Waals surface area contributed by atoms with Crippen molar-refractivity contribution < 1.29 is 9.90 Å². The molecule has 0 aliphatic heterocycles. The molecule has 0 atom stereocenters. The highest BCUT2D eigenvalue weighted by Gasteiger charge is 2.09. The fourth-order valence-electron chi connectivity index (χ4n) is 0.311. The van der Waals surface area contributed by atoms with Crippen molar-refractivity contribution in [1.29, 1.82) is 0 Å². The van der Waals surface area contributed by atoms with Crippen molar-refractivity contribution in [3.8, 4) is 0 Å². The molecule has 0 bridgehead atoms. The quantitative estimate of drug-likeness (QED) is 0.500. The van der Waals surface area contributed by atoms with Crippen LogP contribution in [0.25, 0.3) is 0 Å². The van der Waals surface area contributed by atoms with E-state index < -0.39 is 5.97 Å². The molecule has 1 aromatic rings. The zero-order chi connectivity index (χ0) is 6.85. The Labute approximate surface area is 55.0 Å². The molecule has 1 rings (SSSR count). The van der Waals surface area contributed by atoms with Gasteiger partial charge in [0.1, 0.15) is 0 Å². The summed E-state index contributed by atoms with van der Waals surface area (Å²) >= 11 is 3.59. The molecule has 0 saturated carbocycles. The molecule has 0 saturated heterocycles. The minimum absolute atomic E-state index is 0.293. The molecular formula is C2H2N4O2S. The fraction of sp³-hybridized carbons (Fsp3) is 0. The summed E-state index contributed by atoms with van der Waals surface area (Å²) < 4.78 is 0.780. The van der Waals surface area contributed by atoms with Crippen LogP contribution >= 0.6 is 12.8 Å². The minimum atomic E-state index is -1.20. The summed E-state index contributed by atoms with van der Waals surface area (Å²) in [6.07, 6.45) is 0. The molecule has 1 N–H and O–H groups in total. The van der Waals surface area contributed by atoms with Crippen LogP contribution in [0.2, 0.25) is 0 Å². The normalized spacial score (nSPS) is 9.44. The van der Waals surface area contributed by atoms with Gasteiger partial charge < -0.3 is 5.11 Å². The van der Waals surface area contributed by atoms with E-state index in [2.05, 4.69) is 28.3 Å². The van der Waals surface area contributed by atoms with Gasteiger partial charge in [0, 0.05) is 0 Å². The fourth-order valence-corrected chi connectivity index (χ4v) is 0.472. The second-order valence-corrected chi connectivity index (χ2v) is 1.58. The van der Waals surface area contributed by atoms with Crippen LogP contribution in [0.15, 0.2) is 0 Å². The van der Waals surface area contributed by atoms with Crippen LogP contribution in [0.4, 0.5) is 0 Å². The average Bonchev–Trinajstić information content (AvgIpc) is 2.13. The van der Waals surface area contributed by atoms with Crippen molar-refractivity contribution in [2.24, 2.45) is 0 Å². The second kappa shape index (κ2) is 2.02. The van der Waals surface area contributed by atoms with E-state index in [1.165, 1.54) is 0 Å². The third-order valence-electron chi connectivity index (χ3n) is 0.645. The lowest BCUT2D eigenvalue weighted by molar-refractivity contribution is 0.0682. The number of rotatable bonds is 1. The van der Waals surface area contributed by atoms with Crippen LogP contribution in [0.5, 0.6) is 0 Å². The van der Waals surface area contributed by atoms with Crippen molar-refractivity contribution in [2.45, 2.75) is 0 Å². The lowest BCUT2D eigenvalue weighted by atomic mass is 10.7. The first-order valence-electron chi connectivity index (χ1n) is 1.92. The van der Waals surface area contributed by atoms with E-state index in [-0.39, 0.29) is 5.82 Å². The first kappa shape index (κ1) is 6.02. The number of thiol groups is 1. The van der Waals surface area contributed by atoms with Crippen molar-refractivity contribution >= 4 is 18.8 Å². The number of carboxylic acid groups (broad SMARTS) is 1. The van der Waals surface area contributed by atoms with Gasteiger partial charge >= 0.3 is 5.97 Å². The van der Waals surface area contributed by atoms with E-state index in [0.29, 0.717) is 0 Å². The highest BCUT2D eigenvalue weighted by Crippen LogP contribution is 1.90. The Morgan fingerprint density at radius 2 is 2.44 bits per heavy atom. The Bertz CT molecular complexity index is 232. The van der Waals surface area contributed by atoms with Gasteiger partial charge in [0.2, 0.25) is 0 Å². The average molecular weight is 146 g/mol. The van der Waals surface area contributed by atoms with Crippen molar-refractivity contribution in [3.05, 3.63) is 5.82 Å².